The molecule has 2 unspecified atom stereocenters. The molecule has 4 fully saturated rings. The zero-order valence-corrected chi connectivity index (χ0v) is 30.9. The fourth-order valence-electron chi connectivity index (χ4n) is 11.2. The maximum atomic E-state index is 13.9. The Morgan fingerprint density at radius 3 is 2.36 bits per heavy atom. The first kappa shape index (κ1) is 34.7. The molecule has 4 bridgehead atoms. The molecule has 2 aromatic heterocycles. The molecule has 0 amide bonds. The van der Waals surface area contributed by atoms with Crippen LogP contribution in [0.15, 0.2) is 42.6 Å². The molecule has 50 heavy (non-hydrogen) atoms. The molecule has 4 aliphatic carbocycles. The van der Waals surface area contributed by atoms with Crippen molar-refractivity contribution in [2.75, 3.05) is 31.8 Å². The second-order valence-corrected chi connectivity index (χ2v) is 17.6. The molecule has 268 valence electrons. The van der Waals surface area contributed by atoms with Crippen molar-refractivity contribution < 1.29 is 28.9 Å². The summed E-state index contributed by atoms with van der Waals surface area (Å²) in [6, 6.07) is 11.9. The molecule has 9 heteroatoms. The highest BCUT2D eigenvalue weighted by molar-refractivity contribution is 5.96. The number of methoxy groups -OCH3 is 1. The Morgan fingerprint density at radius 2 is 1.68 bits per heavy atom. The second kappa shape index (κ2) is 12.2. The Hall–Kier alpha value is -3.69. The third-order valence-electron chi connectivity index (χ3n) is 11.7. The Bertz CT molecular complexity index is 1800. The number of fused-ring (bicyclic) bond motifs is 1. The average molecular weight is 684 g/mol. The van der Waals surface area contributed by atoms with E-state index >= 15 is 0 Å². The first-order chi connectivity index (χ1) is 23.6. The summed E-state index contributed by atoms with van der Waals surface area (Å²) in [4.78, 5) is 33.6. The number of benzene rings is 1. The number of esters is 2. The van der Waals surface area contributed by atoms with E-state index in [1.54, 1.807) is 6.07 Å². The van der Waals surface area contributed by atoms with Gasteiger partial charge in [-0.05, 0) is 124 Å². The fraction of sp³-hybridized carbons (Fsp3) is 0.585. The minimum absolute atomic E-state index is 0.0502. The lowest BCUT2D eigenvalue weighted by Gasteiger charge is -2.69. The molecule has 2 atom stereocenters. The van der Waals surface area contributed by atoms with E-state index < -0.39 is 11.6 Å². The molecule has 8 rings (SSSR count). The van der Waals surface area contributed by atoms with E-state index in [-0.39, 0.29) is 40.1 Å². The summed E-state index contributed by atoms with van der Waals surface area (Å²) in [5, 5.41) is 9.65. The predicted octanol–water partition coefficient (Wildman–Crippen LogP) is 7.29. The smallest absolute Gasteiger partial charge is 0.358 e. The van der Waals surface area contributed by atoms with Crippen molar-refractivity contribution in [2.24, 2.45) is 16.2 Å². The van der Waals surface area contributed by atoms with Gasteiger partial charge in [0.05, 0.1) is 31.5 Å². The van der Waals surface area contributed by atoms with E-state index in [0.717, 1.165) is 60.2 Å². The quantitative estimate of drug-likeness (QED) is 0.235. The van der Waals surface area contributed by atoms with Gasteiger partial charge >= 0.3 is 11.9 Å². The Kier molecular flexibility index (Phi) is 8.49. The summed E-state index contributed by atoms with van der Waals surface area (Å²) in [6.07, 6.45) is 9.62. The standard InChI is InChI=1S/C41H53N3O6/c1-27-29(14-16-44(27)26-40-21-38(5)20-39(6,22-40)24-41(23-38,25-40)49-18-17-45)30-11-12-33(42-34(30)36(47)50-37(2,3)4)43-15-13-28-9-8-10-31(32(28)19-43)35(46)48-7/h8-12,14,16,45H,13,15,17-26H2,1-7H3. The largest absolute Gasteiger partial charge is 0.465 e. The number of aliphatic hydroxyl groups excluding tert-OH is 1. The van der Waals surface area contributed by atoms with Crippen molar-refractivity contribution in [3.8, 4) is 11.1 Å². The lowest BCUT2D eigenvalue weighted by Crippen LogP contribution is -2.64. The van der Waals surface area contributed by atoms with Crippen molar-refractivity contribution in [3.63, 3.8) is 0 Å². The lowest BCUT2D eigenvalue weighted by atomic mass is 9.39. The number of nitrogens with zero attached hydrogens (tertiary/aromatic N) is 3. The number of aliphatic hydroxyl groups is 1. The maximum absolute atomic E-state index is 13.9. The highest BCUT2D eigenvalue weighted by Gasteiger charge is 2.66. The number of hydrogen-bond donors (Lipinski definition) is 1. The van der Waals surface area contributed by atoms with Gasteiger partial charge in [-0.25, -0.2) is 14.6 Å². The number of carbonyl (C=O) groups is 2. The number of aromatic nitrogens is 2. The highest BCUT2D eigenvalue weighted by Crippen LogP contribution is 2.72. The molecule has 9 nitrogen and oxygen atoms in total. The van der Waals surface area contributed by atoms with Crippen LogP contribution in [0.2, 0.25) is 0 Å². The normalized spacial score (nSPS) is 28.4. The maximum Gasteiger partial charge on any atom is 0.358 e. The molecule has 0 spiro atoms. The summed E-state index contributed by atoms with van der Waals surface area (Å²) in [7, 11) is 1.40. The summed E-state index contributed by atoms with van der Waals surface area (Å²) < 4.78 is 19.9. The summed E-state index contributed by atoms with van der Waals surface area (Å²) in [5.41, 5.74) is 5.38. The van der Waals surface area contributed by atoms with Crippen molar-refractivity contribution in [2.45, 2.75) is 111 Å². The van der Waals surface area contributed by atoms with E-state index in [1.807, 2.05) is 39.0 Å². The number of rotatable bonds is 9. The molecule has 1 aromatic carbocycles. The average Bonchev–Trinajstić information content (AvgIpc) is 3.38. The van der Waals surface area contributed by atoms with Crippen LogP contribution < -0.4 is 4.90 Å². The van der Waals surface area contributed by atoms with Crippen molar-refractivity contribution in [1.82, 2.24) is 9.55 Å². The SMILES string of the molecule is COC(=O)c1cccc2c1CN(c1ccc(-c3ccn(CC45CC6(C)CC(C)(C4)CC(OCCO)(C6)C5)c3C)c(C(=O)OC(C)(C)C)n1)CC2. The van der Waals surface area contributed by atoms with E-state index in [2.05, 4.69) is 48.6 Å². The van der Waals surface area contributed by atoms with Crippen LogP contribution in [0, 0.1) is 23.2 Å². The van der Waals surface area contributed by atoms with Gasteiger partial charge in [-0.1, -0.05) is 26.0 Å². The molecule has 1 aliphatic heterocycles. The lowest BCUT2D eigenvalue weighted by molar-refractivity contribution is -0.249. The van der Waals surface area contributed by atoms with Crippen molar-refractivity contribution in [3.05, 3.63) is 70.7 Å². The first-order valence-electron chi connectivity index (χ1n) is 18.2. The van der Waals surface area contributed by atoms with Crippen molar-refractivity contribution in [1.29, 1.82) is 0 Å². The molecule has 3 heterocycles. The van der Waals surface area contributed by atoms with Crippen molar-refractivity contribution >= 4 is 17.8 Å². The van der Waals surface area contributed by atoms with Gasteiger partial charge in [-0.2, -0.15) is 0 Å². The second-order valence-electron chi connectivity index (χ2n) is 17.6. The molecular formula is C41H53N3O6. The van der Waals surface area contributed by atoms with Crippen LogP contribution in [-0.4, -0.2) is 64.7 Å². The first-order valence-corrected chi connectivity index (χ1v) is 18.2. The topological polar surface area (TPSA) is 103 Å². The van der Waals surface area contributed by atoms with E-state index in [4.69, 9.17) is 19.2 Å². The number of pyridine rings is 1. The van der Waals surface area contributed by atoms with E-state index in [1.165, 1.54) is 26.4 Å². The fourth-order valence-corrected chi connectivity index (χ4v) is 11.2. The van der Waals surface area contributed by atoms with Crippen LogP contribution in [0.3, 0.4) is 0 Å². The van der Waals surface area contributed by atoms with Gasteiger partial charge < -0.3 is 28.8 Å². The summed E-state index contributed by atoms with van der Waals surface area (Å²) in [5.74, 6) is -0.148. The minimum atomic E-state index is -0.689. The minimum Gasteiger partial charge on any atom is -0.465 e. The molecule has 5 aliphatic rings. The number of anilines is 1. The summed E-state index contributed by atoms with van der Waals surface area (Å²) in [6.45, 7) is 15.2. The van der Waals surface area contributed by atoms with Crippen LogP contribution in [0.4, 0.5) is 5.82 Å². The third-order valence-corrected chi connectivity index (χ3v) is 11.7. The Balaban J connectivity index is 1.22. The van der Waals surface area contributed by atoms with Gasteiger partial charge in [0.15, 0.2) is 5.69 Å². The number of hydrogen-bond acceptors (Lipinski definition) is 8. The van der Waals surface area contributed by atoms with Gasteiger partial charge in [0.25, 0.3) is 0 Å². The van der Waals surface area contributed by atoms with Gasteiger partial charge in [-0.3, -0.25) is 0 Å². The van der Waals surface area contributed by atoms with Crippen LogP contribution in [0.25, 0.3) is 11.1 Å². The van der Waals surface area contributed by atoms with E-state index in [0.29, 0.717) is 31.1 Å². The third kappa shape index (κ3) is 6.36. The number of carbonyl (C=O) groups excluding carboxylic acids is 2. The monoisotopic (exact) mass is 683 g/mol. The van der Waals surface area contributed by atoms with Gasteiger partial charge in [0, 0.05) is 42.7 Å². The highest BCUT2D eigenvalue weighted by atomic mass is 16.6. The molecule has 4 saturated carbocycles. The van der Waals surface area contributed by atoms with Crippen LogP contribution in [0.5, 0.6) is 0 Å². The van der Waals surface area contributed by atoms with E-state index in [9.17, 15) is 14.7 Å². The molecular weight excluding hydrogens is 630 g/mol. The number of ether oxygens (including phenoxy) is 3. The zero-order valence-electron chi connectivity index (χ0n) is 30.9. The van der Waals surface area contributed by atoms with Gasteiger partial charge in [0.1, 0.15) is 11.4 Å². The van der Waals surface area contributed by atoms with Gasteiger partial charge in [0.2, 0.25) is 0 Å². The van der Waals surface area contributed by atoms with Gasteiger partial charge in [-0.15, -0.1) is 0 Å². The Labute approximate surface area is 296 Å². The predicted molar refractivity (Wildman–Crippen MR) is 192 cm³/mol. The molecule has 1 N–H and O–H groups in total. The Morgan fingerprint density at radius 1 is 0.940 bits per heavy atom. The van der Waals surface area contributed by atoms with Crippen LogP contribution in [-0.2, 0) is 33.7 Å². The summed E-state index contributed by atoms with van der Waals surface area (Å²) >= 11 is 0. The zero-order chi connectivity index (χ0) is 35.7. The van der Waals surface area contributed by atoms with Crippen LogP contribution >= 0.6 is 0 Å². The molecule has 3 aromatic rings. The molecule has 0 radical (unpaired) electrons. The molecule has 0 saturated heterocycles. The van der Waals surface area contributed by atoms with Crippen LogP contribution in [0.1, 0.15) is 111 Å².